The molecule has 0 bridgehead atoms. The largest absolute Gasteiger partial charge is 0.479 e. The zero-order chi connectivity index (χ0) is 8.77. The Kier molecular flexibility index (Phi) is 1.28. The van der Waals surface area contributed by atoms with Crippen LogP contribution in [0.15, 0.2) is 12.3 Å². The van der Waals surface area contributed by atoms with Gasteiger partial charge in [-0.3, -0.25) is 4.68 Å². The molecule has 64 valence electrons. The third-order valence-electron chi connectivity index (χ3n) is 2.36. The highest BCUT2D eigenvalue weighted by atomic mass is 16.4. The van der Waals surface area contributed by atoms with E-state index in [1.54, 1.807) is 10.9 Å². The summed E-state index contributed by atoms with van der Waals surface area (Å²) >= 11 is 0. The Morgan fingerprint density at radius 1 is 1.75 bits per heavy atom. The Labute approximate surface area is 69.8 Å². The smallest absolute Gasteiger partial charge is 0.331 e. The van der Waals surface area contributed by atoms with Gasteiger partial charge < -0.3 is 5.11 Å². The average molecular weight is 166 g/mol. The second-order valence-corrected chi connectivity index (χ2v) is 3.22. The van der Waals surface area contributed by atoms with Gasteiger partial charge in [0, 0.05) is 11.9 Å². The van der Waals surface area contributed by atoms with Crippen molar-refractivity contribution < 1.29 is 9.90 Å². The first-order chi connectivity index (χ1) is 5.67. The topological polar surface area (TPSA) is 55.1 Å². The van der Waals surface area contributed by atoms with Crippen molar-refractivity contribution in [3.8, 4) is 0 Å². The number of carboxylic acids is 1. The molecule has 0 saturated heterocycles. The normalized spacial score (nSPS) is 19.1. The molecule has 0 amide bonds. The van der Waals surface area contributed by atoms with Crippen molar-refractivity contribution in [2.75, 3.05) is 0 Å². The molecule has 1 heterocycles. The van der Waals surface area contributed by atoms with Crippen LogP contribution in [0, 0.1) is 6.92 Å². The monoisotopic (exact) mass is 166 g/mol. The van der Waals surface area contributed by atoms with Crippen molar-refractivity contribution in [2.45, 2.75) is 25.3 Å². The summed E-state index contributed by atoms with van der Waals surface area (Å²) in [5.74, 6) is -0.769. The number of carboxylic acid groups (broad SMARTS) is 1. The Balaban J connectivity index is 2.43. The predicted molar refractivity (Wildman–Crippen MR) is 41.8 cm³/mol. The SMILES string of the molecule is Cc1ccnn1C1(C(=O)O)CC1. The van der Waals surface area contributed by atoms with Crippen molar-refractivity contribution in [1.29, 1.82) is 0 Å². The minimum absolute atomic E-state index is 0.699. The highest BCUT2D eigenvalue weighted by Crippen LogP contribution is 2.43. The molecule has 1 fully saturated rings. The van der Waals surface area contributed by atoms with E-state index in [4.69, 9.17) is 5.11 Å². The fourth-order valence-electron chi connectivity index (χ4n) is 1.45. The van der Waals surface area contributed by atoms with Gasteiger partial charge in [0.1, 0.15) is 0 Å². The molecule has 1 aromatic rings. The van der Waals surface area contributed by atoms with E-state index in [0.717, 1.165) is 5.69 Å². The molecule has 0 unspecified atom stereocenters. The predicted octanol–water partition coefficient (Wildman–Crippen LogP) is 0.765. The van der Waals surface area contributed by atoms with Gasteiger partial charge in [0.05, 0.1) is 0 Å². The lowest BCUT2D eigenvalue weighted by Crippen LogP contribution is -2.29. The third kappa shape index (κ3) is 0.776. The van der Waals surface area contributed by atoms with Crippen LogP contribution in [0.3, 0.4) is 0 Å². The summed E-state index contributed by atoms with van der Waals surface area (Å²) in [5.41, 5.74) is 0.197. The summed E-state index contributed by atoms with van der Waals surface area (Å²) < 4.78 is 1.61. The van der Waals surface area contributed by atoms with Crippen LogP contribution in [-0.2, 0) is 10.3 Å². The number of nitrogens with zero attached hydrogens (tertiary/aromatic N) is 2. The van der Waals surface area contributed by atoms with Gasteiger partial charge in [-0.05, 0) is 25.8 Å². The van der Waals surface area contributed by atoms with Gasteiger partial charge in [-0.15, -0.1) is 0 Å². The fraction of sp³-hybridized carbons (Fsp3) is 0.500. The lowest BCUT2D eigenvalue weighted by atomic mass is 10.3. The molecule has 1 saturated carbocycles. The maximum absolute atomic E-state index is 10.9. The number of aromatic nitrogens is 2. The summed E-state index contributed by atoms with van der Waals surface area (Å²) in [6.45, 7) is 1.87. The van der Waals surface area contributed by atoms with E-state index in [0.29, 0.717) is 12.8 Å². The van der Waals surface area contributed by atoms with Gasteiger partial charge in [-0.1, -0.05) is 0 Å². The van der Waals surface area contributed by atoms with Gasteiger partial charge in [-0.2, -0.15) is 5.10 Å². The third-order valence-corrected chi connectivity index (χ3v) is 2.36. The van der Waals surface area contributed by atoms with Crippen LogP contribution >= 0.6 is 0 Å². The van der Waals surface area contributed by atoms with E-state index >= 15 is 0 Å². The van der Waals surface area contributed by atoms with Crippen molar-refractivity contribution in [3.63, 3.8) is 0 Å². The molecule has 1 aliphatic rings. The molecular weight excluding hydrogens is 156 g/mol. The number of hydrogen-bond donors (Lipinski definition) is 1. The quantitative estimate of drug-likeness (QED) is 0.705. The Hall–Kier alpha value is -1.32. The lowest BCUT2D eigenvalue weighted by Gasteiger charge is -2.11. The molecule has 0 aromatic carbocycles. The first kappa shape index (κ1) is 7.34. The second kappa shape index (κ2) is 2.09. The highest BCUT2D eigenvalue weighted by molar-refractivity contribution is 5.80. The summed E-state index contributed by atoms with van der Waals surface area (Å²) in [5, 5.41) is 12.9. The summed E-state index contributed by atoms with van der Waals surface area (Å²) in [7, 11) is 0. The number of rotatable bonds is 2. The zero-order valence-corrected chi connectivity index (χ0v) is 6.82. The van der Waals surface area contributed by atoms with E-state index in [2.05, 4.69) is 5.10 Å². The van der Waals surface area contributed by atoms with Crippen LogP contribution in [0.4, 0.5) is 0 Å². The molecule has 0 radical (unpaired) electrons. The second-order valence-electron chi connectivity index (χ2n) is 3.22. The zero-order valence-electron chi connectivity index (χ0n) is 6.82. The summed E-state index contributed by atoms with van der Waals surface area (Å²) in [6, 6.07) is 1.82. The number of hydrogen-bond acceptors (Lipinski definition) is 2. The molecule has 1 N–H and O–H groups in total. The molecule has 0 spiro atoms. The van der Waals surface area contributed by atoms with E-state index in [1.165, 1.54) is 0 Å². The van der Waals surface area contributed by atoms with Crippen molar-refractivity contribution in [2.24, 2.45) is 0 Å². The Morgan fingerprint density at radius 2 is 2.42 bits per heavy atom. The molecule has 0 aliphatic heterocycles. The Morgan fingerprint density at radius 3 is 2.75 bits per heavy atom. The van der Waals surface area contributed by atoms with Gasteiger partial charge in [0.15, 0.2) is 5.54 Å². The van der Waals surface area contributed by atoms with E-state index in [9.17, 15) is 4.79 Å². The van der Waals surface area contributed by atoms with Crippen molar-refractivity contribution >= 4 is 5.97 Å². The van der Waals surface area contributed by atoms with Gasteiger partial charge in [0.25, 0.3) is 0 Å². The van der Waals surface area contributed by atoms with Crippen molar-refractivity contribution in [3.05, 3.63) is 18.0 Å². The molecule has 4 heteroatoms. The van der Waals surface area contributed by atoms with Crippen LogP contribution in [0.5, 0.6) is 0 Å². The van der Waals surface area contributed by atoms with Crippen LogP contribution < -0.4 is 0 Å². The molecule has 1 aliphatic carbocycles. The van der Waals surface area contributed by atoms with E-state index in [1.807, 2.05) is 13.0 Å². The van der Waals surface area contributed by atoms with Crippen LogP contribution in [-0.4, -0.2) is 20.9 Å². The maximum Gasteiger partial charge on any atom is 0.331 e. The Bertz CT molecular complexity index is 326. The maximum atomic E-state index is 10.9. The summed E-state index contributed by atoms with van der Waals surface area (Å²) in [4.78, 5) is 10.9. The van der Waals surface area contributed by atoms with Crippen LogP contribution in [0.1, 0.15) is 18.5 Å². The number of carbonyl (C=O) groups is 1. The summed E-state index contributed by atoms with van der Waals surface area (Å²) in [6.07, 6.45) is 3.04. The van der Waals surface area contributed by atoms with Crippen LogP contribution in [0.25, 0.3) is 0 Å². The first-order valence-electron chi connectivity index (χ1n) is 3.91. The fourth-order valence-corrected chi connectivity index (χ4v) is 1.45. The first-order valence-corrected chi connectivity index (χ1v) is 3.91. The van der Waals surface area contributed by atoms with Crippen LogP contribution in [0.2, 0.25) is 0 Å². The lowest BCUT2D eigenvalue weighted by molar-refractivity contribution is -0.142. The molecule has 2 rings (SSSR count). The highest BCUT2D eigenvalue weighted by Gasteiger charge is 2.53. The molecule has 0 atom stereocenters. The van der Waals surface area contributed by atoms with E-state index in [-0.39, 0.29) is 0 Å². The molecule has 12 heavy (non-hydrogen) atoms. The molecule has 1 aromatic heterocycles. The van der Waals surface area contributed by atoms with Gasteiger partial charge >= 0.3 is 5.97 Å². The van der Waals surface area contributed by atoms with Crippen molar-refractivity contribution in [1.82, 2.24) is 9.78 Å². The minimum atomic E-state index is -0.769. The average Bonchev–Trinajstić information content (AvgIpc) is 2.71. The van der Waals surface area contributed by atoms with Gasteiger partial charge in [-0.25, -0.2) is 4.79 Å². The molecular formula is C8H10N2O2. The molecule has 4 nitrogen and oxygen atoms in total. The van der Waals surface area contributed by atoms with Gasteiger partial charge in [0.2, 0.25) is 0 Å². The standard InChI is InChI=1S/C8H10N2O2/c1-6-2-5-9-10(6)8(3-4-8)7(11)12/h2,5H,3-4H2,1H3,(H,11,12). The number of aryl methyl sites for hydroxylation is 1. The minimum Gasteiger partial charge on any atom is -0.479 e. The number of aliphatic carboxylic acids is 1. The van der Waals surface area contributed by atoms with E-state index < -0.39 is 11.5 Å².